The van der Waals surface area contributed by atoms with Gasteiger partial charge >= 0.3 is 14.9 Å². The maximum atomic E-state index is 12.9. The fourth-order valence-electron chi connectivity index (χ4n) is 3.79. The maximum Gasteiger partial charge on any atom is 0.500 e. The van der Waals surface area contributed by atoms with Crippen LogP contribution < -0.4 is 10.6 Å². The number of amides is 2. The number of alkyl carbamates (subject to hydrolysis) is 1. The number of rotatable bonds is 17. The van der Waals surface area contributed by atoms with Gasteiger partial charge in [0.1, 0.15) is 6.61 Å². The molecule has 40 heavy (non-hydrogen) atoms. The molecule has 0 fully saturated rings. The standard InChI is InChI=1S/C25H34N4O10Si/c1-4-37-40(38-5-2,39-6-3)14-10-13-26-25(31)36-18-23(19-11-8-7-9-12-19)27-24(30)20-15-21(28(32)33)17-22(16-20)29(34)35/h7-9,11-12,15-17,23H,4-6,10,13-14,18H2,1-3H3,(H,26,31)(H,27,30)/t23-/m0/s1. The van der Waals surface area contributed by atoms with Crippen molar-refractivity contribution < 1.29 is 37.5 Å². The Labute approximate surface area is 232 Å². The van der Waals surface area contributed by atoms with Gasteiger partial charge in [0.2, 0.25) is 0 Å². The molecule has 0 aromatic heterocycles. The number of benzene rings is 2. The quantitative estimate of drug-likeness (QED) is 0.120. The SMILES string of the molecule is CCO[Si](CCCNC(=O)OC[C@H](NC(=O)c1cc([N+](=O)[O-])cc([N+](=O)[O-])c1)c1ccccc1)(OCC)OCC. The summed E-state index contributed by atoms with van der Waals surface area (Å²) >= 11 is 0. The molecule has 0 aliphatic heterocycles. The summed E-state index contributed by atoms with van der Waals surface area (Å²) in [6.45, 7) is 6.90. The average Bonchev–Trinajstić information content (AvgIpc) is 2.93. The van der Waals surface area contributed by atoms with Crippen molar-refractivity contribution in [3.8, 4) is 0 Å². The zero-order valence-electron chi connectivity index (χ0n) is 22.6. The van der Waals surface area contributed by atoms with Crippen LogP contribution in [0.15, 0.2) is 48.5 Å². The number of hydrogen-bond acceptors (Lipinski definition) is 10. The van der Waals surface area contributed by atoms with Crippen molar-refractivity contribution in [2.45, 2.75) is 39.3 Å². The van der Waals surface area contributed by atoms with Gasteiger partial charge in [-0.05, 0) is 32.8 Å². The third-order valence-corrected chi connectivity index (χ3v) is 8.65. The van der Waals surface area contributed by atoms with Crippen LogP contribution in [0.2, 0.25) is 6.04 Å². The Balaban J connectivity index is 2.04. The van der Waals surface area contributed by atoms with Crippen LogP contribution in [0.1, 0.15) is 49.2 Å². The van der Waals surface area contributed by atoms with E-state index in [9.17, 15) is 29.8 Å². The third-order valence-electron chi connectivity index (χ3n) is 5.50. The van der Waals surface area contributed by atoms with E-state index in [0.29, 0.717) is 37.8 Å². The Morgan fingerprint density at radius 2 is 1.45 bits per heavy atom. The van der Waals surface area contributed by atoms with Crippen LogP contribution in [0.25, 0.3) is 0 Å². The van der Waals surface area contributed by atoms with Crippen LogP contribution in [-0.4, -0.2) is 63.6 Å². The molecule has 2 rings (SSSR count). The van der Waals surface area contributed by atoms with Crippen molar-refractivity contribution in [2.75, 3.05) is 33.0 Å². The minimum absolute atomic E-state index is 0.264. The topological polar surface area (TPSA) is 181 Å². The lowest BCUT2D eigenvalue weighted by Crippen LogP contribution is -2.46. The molecule has 2 N–H and O–H groups in total. The van der Waals surface area contributed by atoms with Crippen molar-refractivity contribution >= 4 is 32.2 Å². The first-order valence-electron chi connectivity index (χ1n) is 12.8. The molecular weight excluding hydrogens is 544 g/mol. The molecule has 0 aliphatic rings. The molecule has 0 saturated carbocycles. The van der Waals surface area contributed by atoms with E-state index in [4.69, 9.17) is 18.0 Å². The molecule has 2 amide bonds. The summed E-state index contributed by atoms with van der Waals surface area (Å²) in [5.41, 5.74) is -0.894. The van der Waals surface area contributed by atoms with Crippen molar-refractivity contribution in [2.24, 2.45) is 0 Å². The molecule has 0 radical (unpaired) electrons. The van der Waals surface area contributed by atoms with Gasteiger partial charge < -0.3 is 28.6 Å². The summed E-state index contributed by atoms with van der Waals surface area (Å²) in [5, 5.41) is 27.7. The molecule has 0 aliphatic carbocycles. The predicted octanol–water partition coefficient (Wildman–Crippen LogP) is 4.14. The molecule has 0 spiro atoms. The zero-order valence-corrected chi connectivity index (χ0v) is 23.6. The Morgan fingerprint density at radius 3 is 1.95 bits per heavy atom. The Morgan fingerprint density at radius 1 is 0.900 bits per heavy atom. The first-order valence-corrected chi connectivity index (χ1v) is 14.7. The average molecular weight is 579 g/mol. The first kappa shape index (κ1) is 32.3. The van der Waals surface area contributed by atoms with Gasteiger partial charge in [0.25, 0.3) is 17.3 Å². The van der Waals surface area contributed by atoms with Gasteiger partial charge in [-0.25, -0.2) is 4.79 Å². The van der Waals surface area contributed by atoms with Gasteiger partial charge in [-0.2, -0.15) is 0 Å². The van der Waals surface area contributed by atoms with Crippen LogP contribution >= 0.6 is 0 Å². The van der Waals surface area contributed by atoms with Crippen molar-refractivity contribution in [3.63, 3.8) is 0 Å². The normalized spacial score (nSPS) is 11.9. The van der Waals surface area contributed by atoms with E-state index in [1.165, 1.54) is 0 Å². The van der Waals surface area contributed by atoms with Crippen LogP contribution in [0.4, 0.5) is 16.2 Å². The lowest BCUT2D eigenvalue weighted by Gasteiger charge is -2.28. The van der Waals surface area contributed by atoms with Gasteiger partial charge in [0, 0.05) is 44.5 Å². The van der Waals surface area contributed by atoms with Gasteiger partial charge in [-0.15, -0.1) is 0 Å². The fraction of sp³-hybridized carbons (Fsp3) is 0.440. The predicted molar refractivity (Wildman–Crippen MR) is 146 cm³/mol. The van der Waals surface area contributed by atoms with Crippen molar-refractivity contribution in [1.82, 2.24) is 10.6 Å². The molecule has 2 aromatic carbocycles. The fourth-order valence-corrected chi connectivity index (χ4v) is 6.40. The highest BCUT2D eigenvalue weighted by molar-refractivity contribution is 6.60. The number of non-ortho nitro benzene ring substituents is 2. The first-order chi connectivity index (χ1) is 19.1. The van der Waals surface area contributed by atoms with Crippen LogP contribution in [0, 0.1) is 20.2 Å². The van der Waals surface area contributed by atoms with E-state index in [0.717, 1.165) is 18.2 Å². The monoisotopic (exact) mass is 578 g/mol. The molecule has 0 bridgehead atoms. The van der Waals surface area contributed by atoms with Gasteiger partial charge in [0.15, 0.2) is 0 Å². The number of nitro groups is 2. The van der Waals surface area contributed by atoms with E-state index >= 15 is 0 Å². The van der Waals surface area contributed by atoms with Crippen LogP contribution in [-0.2, 0) is 18.0 Å². The van der Waals surface area contributed by atoms with Crippen LogP contribution in [0.5, 0.6) is 0 Å². The number of carbonyl (C=O) groups is 2. The smallest absolute Gasteiger partial charge is 0.447 e. The molecule has 0 heterocycles. The highest BCUT2D eigenvalue weighted by atomic mass is 28.4. The van der Waals surface area contributed by atoms with E-state index in [2.05, 4.69) is 10.6 Å². The number of ether oxygens (including phenoxy) is 1. The summed E-state index contributed by atoms with van der Waals surface area (Å²) in [6.07, 6.45) is -0.205. The van der Waals surface area contributed by atoms with Crippen LogP contribution in [0.3, 0.4) is 0 Å². The van der Waals surface area contributed by atoms with E-state index in [1.807, 2.05) is 20.8 Å². The number of nitrogens with one attached hydrogen (secondary N) is 2. The van der Waals surface area contributed by atoms with Gasteiger partial charge in [-0.3, -0.25) is 25.0 Å². The number of nitro benzene ring substituents is 2. The molecule has 14 nitrogen and oxygen atoms in total. The van der Waals surface area contributed by atoms with Crippen molar-refractivity contribution in [3.05, 3.63) is 79.9 Å². The second-order valence-electron chi connectivity index (χ2n) is 8.30. The summed E-state index contributed by atoms with van der Waals surface area (Å²) in [7, 11) is -2.85. The largest absolute Gasteiger partial charge is 0.500 e. The Kier molecular flexibility index (Phi) is 13.1. The number of carbonyl (C=O) groups excluding carboxylic acids is 2. The van der Waals surface area contributed by atoms with Gasteiger partial charge in [-0.1, -0.05) is 30.3 Å². The summed E-state index contributed by atoms with van der Waals surface area (Å²) in [6, 6.07) is 10.9. The highest BCUT2D eigenvalue weighted by Crippen LogP contribution is 2.24. The molecule has 1 atom stereocenters. The van der Waals surface area contributed by atoms with Gasteiger partial charge in [0.05, 0.1) is 27.5 Å². The van der Waals surface area contributed by atoms with E-state index < -0.39 is 48.1 Å². The minimum Gasteiger partial charge on any atom is -0.447 e. The van der Waals surface area contributed by atoms with Crippen molar-refractivity contribution in [1.29, 1.82) is 0 Å². The second kappa shape index (κ2) is 16.2. The molecule has 15 heteroatoms. The Bertz CT molecular complexity index is 1100. The number of hydrogen-bond donors (Lipinski definition) is 2. The second-order valence-corrected chi connectivity index (χ2v) is 11.0. The lowest BCUT2D eigenvalue weighted by atomic mass is 10.1. The minimum atomic E-state index is -2.85. The molecule has 2 aromatic rings. The van der Waals surface area contributed by atoms with E-state index in [-0.39, 0.29) is 18.7 Å². The lowest BCUT2D eigenvalue weighted by molar-refractivity contribution is -0.394. The summed E-state index contributed by atoms with van der Waals surface area (Å²) in [4.78, 5) is 46.1. The maximum absolute atomic E-state index is 12.9. The molecule has 0 unspecified atom stereocenters. The molecular formula is C25H34N4O10Si. The Hall–Kier alpha value is -3.92. The zero-order chi connectivity index (χ0) is 29.5. The number of nitrogens with zero attached hydrogens (tertiary/aromatic N) is 2. The third kappa shape index (κ3) is 9.99. The molecule has 0 saturated heterocycles. The summed E-state index contributed by atoms with van der Waals surface area (Å²) in [5.74, 6) is -0.811. The summed E-state index contributed by atoms with van der Waals surface area (Å²) < 4.78 is 22.7. The van der Waals surface area contributed by atoms with E-state index in [1.54, 1.807) is 30.3 Å². The molecule has 218 valence electrons. The highest BCUT2D eigenvalue weighted by Gasteiger charge is 2.39.